The Bertz CT molecular complexity index is 734. The maximum absolute atomic E-state index is 12.7. The quantitative estimate of drug-likeness (QED) is 0.353. The molecule has 0 saturated heterocycles. The Balaban J connectivity index is 2.38. The number of aldehydes is 1. The van der Waals surface area contributed by atoms with Gasteiger partial charge in [0.1, 0.15) is 5.75 Å². The third-order valence-electron chi connectivity index (χ3n) is 3.69. The van der Waals surface area contributed by atoms with Crippen LogP contribution < -0.4 is 4.74 Å². The van der Waals surface area contributed by atoms with Gasteiger partial charge in [-0.15, -0.1) is 0 Å². The molecule has 118 valence electrons. The van der Waals surface area contributed by atoms with Crippen LogP contribution in [0.2, 0.25) is 0 Å². The summed E-state index contributed by atoms with van der Waals surface area (Å²) >= 11 is 0. The molecule has 0 radical (unpaired) electrons. The van der Waals surface area contributed by atoms with E-state index in [1.54, 1.807) is 55.5 Å². The third kappa shape index (κ3) is 3.72. The lowest BCUT2D eigenvalue weighted by molar-refractivity contribution is -0.138. The van der Waals surface area contributed by atoms with Crippen LogP contribution in [-0.4, -0.2) is 18.0 Å². The molecular weight excluding hydrogens is 292 g/mol. The number of rotatable bonds is 6. The molecule has 0 bridgehead atoms. The van der Waals surface area contributed by atoms with E-state index in [9.17, 15) is 14.4 Å². The van der Waals surface area contributed by atoms with Crippen molar-refractivity contribution < 1.29 is 19.1 Å². The maximum Gasteiger partial charge on any atom is 0.314 e. The number of benzene rings is 2. The highest BCUT2D eigenvalue weighted by Gasteiger charge is 2.20. The summed E-state index contributed by atoms with van der Waals surface area (Å²) in [4.78, 5) is 35.8. The molecule has 23 heavy (non-hydrogen) atoms. The summed E-state index contributed by atoms with van der Waals surface area (Å²) in [5.74, 6) is -0.763. The lowest BCUT2D eigenvalue weighted by Gasteiger charge is -2.12. The molecule has 2 aromatic rings. The third-order valence-corrected chi connectivity index (χ3v) is 3.69. The van der Waals surface area contributed by atoms with Crippen molar-refractivity contribution in [3.05, 3.63) is 65.2 Å². The van der Waals surface area contributed by atoms with Gasteiger partial charge < -0.3 is 4.74 Å². The van der Waals surface area contributed by atoms with Crippen LogP contribution in [0.15, 0.2) is 48.5 Å². The highest BCUT2D eigenvalue weighted by molar-refractivity contribution is 6.14. The molecular formula is C19H18O4. The summed E-state index contributed by atoms with van der Waals surface area (Å²) in [6, 6.07) is 13.1. The van der Waals surface area contributed by atoms with Gasteiger partial charge in [0.15, 0.2) is 12.1 Å². The van der Waals surface area contributed by atoms with Crippen molar-refractivity contribution in [2.24, 2.45) is 5.92 Å². The van der Waals surface area contributed by atoms with Crippen LogP contribution in [0.1, 0.15) is 46.5 Å². The lowest BCUT2D eigenvalue weighted by Crippen LogP contribution is -2.18. The molecule has 0 spiro atoms. The summed E-state index contributed by atoms with van der Waals surface area (Å²) in [5, 5.41) is 0. The molecule has 1 atom stereocenters. The van der Waals surface area contributed by atoms with Gasteiger partial charge in [-0.1, -0.05) is 50.2 Å². The molecule has 0 aromatic heterocycles. The van der Waals surface area contributed by atoms with Crippen LogP contribution in [0, 0.1) is 5.92 Å². The Kier molecular flexibility index (Phi) is 5.41. The Morgan fingerprint density at radius 2 is 1.65 bits per heavy atom. The second kappa shape index (κ2) is 7.49. The van der Waals surface area contributed by atoms with E-state index in [0.29, 0.717) is 18.3 Å². The molecule has 0 N–H and O–H groups in total. The Hall–Kier alpha value is -2.75. The van der Waals surface area contributed by atoms with Crippen LogP contribution in [0.5, 0.6) is 5.75 Å². The van der Waals surface area contributed by atoms with E-state index in [-0.39, 0.29) is 34.5 Å². The summed E-state index contributed by atoms with van der Waals surface area (Å²) in [6.07, 6.45) is 1.30. The zero-order chi connectivity index (χ0) is 16.8. The molecule has 0 aliphatic heterocycles. The average molecular weight is 310 g/mol. The Morgan fingerprint density at radius 3 is 2.30 bits per heavy atom. The number of carbonyl (C=O) groups is 3. The number of ether oxygens (including phenoxy) is 1. The van der Waals surface area contributed by atoms with Gasteiger partial charge in [0, 0.05) is 11.1 Å². The first-order valence-electron chi connectivity index (χ1n) is 7.48. The largest absolute Gasteiger partial charge is 0.426 e. The van der Waals surface area contributed by atoms with Crippen molar-refractivity contribution in [3.8, 4) is 5.75 Å². The van der Waals surface area contributed by atoms with E-state index in [2.05, 4.69) is 0 Å². The predicted molar refractivity (Wildman–Crippen MR) is 86.8 cm³/mol. The molecule has 0 saturated carbocycles. The van der Waals surface area contributed by atoms with E-state index in [1.165, 1.54) is 0 Å². The zero-order valence-corrected chi connectivity index (χ0v) is 13.1. The van der Waals surface area contributed by atoms with E-state index in [1.807, 2.05) is 6.92 Å². The summed E-state index contributed by atoms with van der Waals surface area (Å²) < 4.78 is 5.37. The molecule has 4 nitrogen and oxygen atoms in total. The molecule has 1 unspecified atom stereocenters. The van der Waals surface area contributed by atoms with Gasteiger partial charge in [-0.2, -0.15) is 0 Å². The molecule has 2 rings (SSSR count). The highest BCUT2D eigenvalue weighted by atomic mass is 16.5. The van der Waals surface area contributed by atoms with Crippen molar-refractivity contribution in [2.45, 2.75) is 20.3 Å². The molecule has 0 heterocycles. The van der Waals surface area contributed by atoms with Gasteiger partial charge in [0.05, 0.1) is 11.5 Å². The molecule has 2 aromatic carbocycles. The van der Waals surface area contributed by atoms with Gasteiger partial charge in [-0.3, -0.25) is 14.4 Å². The second-order valence-corrected chi connectivity index (χ2v) is 5.26. The first-order chi connectivity index (χ1) is 11.1. The number of hydrogen-bond donors (Lipinski definition) is 0. The number of para-hydroxylation sites is 1. The first-order valence-corrected chi connectivity index (χ1v) is 7.48. The minimum absolute atomic E-state index is 0.212. The van der Waals surface area contributed by atoms with Crippen LogP contribution in [0.4, 0.5) is 0 Å². The van der Waals surface area contributed by atoms with Crippen molar-refractivity contribution in [1.29, 1.82) is 0 Å². The SMILES string of the molecule is CCC(C)C(=O)Oc1ccccc1C(=O)c1ccccc1C=O. The minimum atomic E-state index is -0.378. The molecule has 0 fully saturated rings. The van der Waals surface area contributed by atoms with Crippen LogP contribution in [0.3, 0.4) is 0 Å². The number of carbonyl (C=O) groups excluding carboxylic acids is 3. The summed E-state index contributed by atoms with van der Waals surface area (Å²) in [7, 11) is 0. The second-order valence-electron chi connectivity index (χ2n) is 5.26. The van der Waals surface area contributed by atoms with Gasteiger partial charge in [-0.25, -0.2) is 0 Å². The summed E-state index contributed by atoms with van der Waals surface area (Å²) in [5.41, 5.74) is 0.855. The number of esters is 1. The zero-order valence-electron chi connectivity index (χ0n) is 13.1. The van der Waals surface area contributed by atoms with Crippen LogP contribution >= 0.6 is 0 Å². The average Bonchev–Trinajstić information content (AvgIpc) is 2.60. The highest BCUT2D eigenvalue weighted by Crippen LogP contribution is 2.24. The van der Waals surface area contributed by atoms with Crippen molar-refractivity contribution in [1.82, 2.24) is 0 Å². The van der Waals surface area contributed by atoms with Gasteiger partial charge in [0.25, 0.3) is 0 Å². The normalized spacial score (nSPS) is 11.6. The fourth-order valence-corrected chi connectivity index (χ4v) is 2.07. The van der Waals surface area contributed by atoms with E-state index in [0.717, 1.165) is 0 Å². The molecule has 0 aliphatic rings. The topological polar surface area (TPSA) is 60.4 Å². The molecule has 0 aliphatic carbocycles. The fraction of sp³-hybridized carbons (Fsp3) is 0.211. The number of hydrogen-bond acceptors (Lipinski definition) is 4. The molecule has 0 amide bonds. The first kappa shape index (κ1) is 16.6. The predicted octanol–water partition coefficient (Wildman–Crippen LogP) is 3.68. The monoisotopic (exact) mass is 310 g/mol. The molecule has 4 heteroatoms. The van der Waals surface area contributed by atoms with E-state index < -0.39 is 0 Å². The Morgan fingerprint density at radius 1 is 1.04 bits per heavy atom. The van der Waals surface area contributed by atoms with Crippen molar-refractivity contribution in [3.63, 3.8) is 0 Å². The standard InChI is InChI=1S/C19H18O4/c1-3-13(2)19(22)23-17-11-7-6-10-16(17)18(21)15-9-5-4-8-14(15)12-20/h4-13H,3H2,1-2H3. The van der Waals surface area contributed by atoms with Crippen LogP contribution in [0.25, 0.3) is 0 Å². The minimum Gasteiger partial charge on any atom is -0.426 e. The smallest absolute Gasteiger partial charge is 0.314 e. The maximum atomic E-state index is 12.7. The van der Waals surface area contributed by atoms with Gasteiger partial charge in [0.2, 0.25) is 0 Å². The van der Waals surface area contributed by atoms with Gasteiger partial charge >= 0.3 is 5.97 Å². The number of ketones is 1. The van der Waals surface area contributed by atoms with Gasteiger partial charge in [-0.05, 0) is 18.6 Å². The van der Waals surface area contributed by atoms with E-state index >= 15 is 0 Å². The van der Waals surface area contributed by atoms with Crippen molar-refractivity contribution >= 4 is 18.0 Å². The Labute approximate surface area is 135 Å². The lowest BCUT2D eigenvalue weighted by atomic mass is 9.98. The van der Waals surface area contributed by atoms with E-state index in [4.69, 9.17) is 4.74 Å². The fourth-order valence-electron chi connectivity index (χ4n) is 2.07. The van der Waals surface area contributed by atoms with Crippen LogP contribution in [-0.2, 0) is 4.79 Å². The summed E-state index contributed by atoms with van der Waals surface area (Å²) in [6.45, 7) is 3.66. The van der Waals surface area contributed by atoms with Crippen molar-refractivity contribution in [2.75, 3.05) is 0 Å².